The molecule has 0 aliphatic rings. The molecule has 2 nitrogen and oxygen atoms in total. The van der Waals surface area contributed by atoms with Gasteiger partial charge in [-0.15, -0.1) is 0 Å². The van der Waals surface area contributed by atoms with E-state index in [4.69, 9.17) is 5.11 Å². The van der Waals surface area contributed by atoms with Gasteiger partial charge in [-0.2, -0.15) is 0 Å². The Labute approximate surface area is 84.1 Å². The van der Waals surface area contributed by atoms with Gasteiger partial charge in [0, 0.05) is 4.43 Å². The maximum Gasteiger partial charge on any atom is 0.0520 e. The van der Waals surface area contributed by atoms with Gasteiger partial charge in [-0.1, -0.05) is 43.4 Å². The van der Waals surface area contributed by atoms with Crippen LogP contribution in [0.25, 0.3) is 0 Å². The predicted octanol–water partition coefficient (Wildman–Crippen LogP) is 1.76. The molecule has 11 heavy (non-hydrogen) atoms. The summed E-state index contributed by atoms with van der Waals surface area (Å²) in [5.74, 6) is 0. The second-order valence-corrected chi connectivity index (χ2v) is 3.11. The lowest BCUT2D eigenvalue weighted by molar-refractivity contribution is 0.321. The van der Waals surface area contributed by atoms with E-state index in [1.807, 2.05) is 0 Å². The first-order valence-electron chi connectivity index (χ1n) is 4.15. The average Bonchev–Trinajstić information content (AvgIpc) is 2.08. The Morgan fingerprint density at radius 2 is 1.36 bits per heavy atom. The number of nitrogens with zero attached hydrogens (tertiary/aromatic N) is 1. The summed E-state index contributed by atoms with van der Waals surface area (Å²) in [6, 6.07) is 0. The number of hydrogen-bond donors (Lipinski definition) is 1. The number of halogens is 1. The van der Waals surface area contributed by atoms with Crippen molar-refractivity contribution in [2.45, 2.75) is 20.8 Å². The van der Waals surface area contributed by atoms with Crippen molar-refractivity contribution in [1.29, 1.82) is 0 Å². The van der Waals surface area contributed by atoms with Gasteiger partial charge >= 0.3 is 0 Å². The Balaban J connectivity index is 0. The zero-order chi connectivity index (χ0) is 9.11. The summed E-state index contributed by atoms with van der Waals surface area (Å²) in [4.78, 5) is 2.38. The van der Waals surface area contributed by atoms with E-state index in [1.54, 1.807) is 0 Å². The van der Waals surface area contributed by atoms with Crippen molar-refractivity contribution in [3.8, 4) is 0 Å². The zero-order valence-electron chi connectivity index (χ0n) is 7.81. The molecule has 0 aliphatic carbocycles. The Morgan fingerprint density at radius 3 is 1.36 bits per heavy atom. The van der Waals surface area contributed by atoms with Gasteiger partial charge in [0.1, 0.15) is 0 Å². The van der Waals surface area contributed by atoms with Crippen LogP contribution in [0.3, 0.4) is 0 Å². The van der Waals surface area contributed by atoms with Gasteiger partial charge in [0.15, 0.2) is 0 Å². The van der Waals surface area contributed by atoms with Gasteiger partial charge in [-0.05, 0) is 19.6 Å². The van der Waals surface area contributed by atoms with E-state index < -0.39 is 0 Å². The Hall–Kier alpha value is 0.650. The Kier molecular flexibility index (Phi) is 17.1. The molecule has 0 fully saturated rings. The minimum Gasteiger partial charge on any atom is -0.396 e. The molecule has 3 heteroatoms. The minimum absolute atomic E-state index is 0.306. The van der Waals surface area contributed by atoms with E-state index in [0.29, 0.717) is 6.61 Å². The van der Waals surface area contributed by atoms with Gasteiger partial charge in [0.05, 0.1) is 6.61 Å². The van der Waals surface area contributed by atoms with Gasteiger partial charge in [0.25, 0.3) is 0 Å². The number of hydrogen-bond acceptors (Lipinski definition) is 2. The lowest BCUT2D eigenvalue weighted by atomic mass is 10.5. The Morgan fingerprint density at radius 1 is 1.09 bits per heavy atom. The third-order valence-corrected chi connectivity index (χ3v) is 1.91. The van der Waals surface area contributed by atoms with Crippen LogP contribution in [0.2, 0.25) is 0 Å². The standard InChI is InChI=1S/C6H15N.C2H5IO/c1-4-7(5-2)6-3;3-1-2-4/h4-6H2,1-3H3;4H,1-2H2. The normalized spacial score (nSPS) is 9.27. The molecule has 0 radical (unpaired) electrons. The van der Waals surface area contributed by atoms with E-state index in [9.17, 15) is 0 Å². The molecule has 0 aromatic heterocycles. The molecule has 0 bridgehead atoms. The smallest absolute Gasteiger partial charge is 0.0520 e. The van der Waals surface area contributed by atoms with Gasteiger partial charge < -0.3 is 10.0 Å². The molecule has 0 saturated heterocycles. The zero-order valence-corrected chi connectivity index (χ0v) is 9.97. The first kappa shape index (κ1) is 14.2. The molecular weight excluding hydrogens is 253 g/mol. The molecule has 70 valence electrons. The summed E-state index contributed by atoms with van der Waals surface area (Å²) in [6.07, 6.45) is 0. The summed E-state index contributed by atoms with van der Waals surface area (Å²) in [7, 11) is 0. The molecule has 0 rings (SSSR count). The summed E-state index contributed by atoms with van der Waals surface area (Å²) < 4.78 is 0.845. The maximum atomic E-state index is 7.87. The summed E-state index contributed by atoms with van der Waals surface area (Å²) >= 11 is 2.10. The highest BCUT2D eigenvalue weighted by atomic mass is 127. The molecule has 0 atom stereocenters. The highest BCUT2D eigenvalue weighted by molar-refractivity contribution is 14.1. The average molecular weight is 273 g/mol. The van der Waals surface area contributed by atoms with Crippen LogP contribution in [-0.4, -0.2) is 40.7 Å². The molecule has 0 aliphatic heterocycles. The second kappa shape index (κ2) is 13.3. The lowest BCUT2D eigenvalue weighted by Crippen LogP contribution is -2.21. The SMILES string of the molecule is CCN(CC)CC.OCCI. The Bertz CT molecular complexity index is 50.5. The number of alkyl halides is 1. The topological polar surface area (TPSA) is 23.5 Å². The fourth-order valence-corrected chi connectivity index (χ4v) is 0.671. The molecule has 0 saturated carbocycles. The van der Waals surface area contributed by atoms with Crippen molar-refractivity contribution >= 4 is 22.6 Å². The van der Waals surface area contributed by atoms with Crippen molar-refractivity contribution in [2.75, 3.05) is 30.7 Å². The molecule has 0 unspecified atom stereocenters. The van der Waals surface area contributed by atoms with Crippen LogP contribution in [0.5, 0.6) is 0 Å². The maximum absolute atomic E-state index is 7.87. The van der Waals surface area contributed by atoms with E-state index in [-0.39, 0.29) is 0 Å². The number of aliphatic hydroxyl groups excluding tert-OH is 1. The van der Waals surface area contributed by atoms with Crippen LogP contribution in [0.1, 0.15) is 20.8 Å². The predicted molar refractivity (Wildman–Crippen MR) is 59.4 cm³/mol. The van der Waals surface area contributed by atoms with Crippen LogP contribution in [0.4, 0.5) is 0 Å². The quantitative estimate of drug-likeness (QED) is 0.623. The van der Waals surface area contributed by atoms with Crippen LogP contribution >= 0.6 is 22.6 Å². The molecule has 0 aromatic carbocycles. The summed E-state index contributed by atoms with van der Waals surface area (Å²) in [5.41, 5.74) is 0. The summed E-state index contributed by atoms with van der Waals surface area (Å²) in [6.45, 7) is 10.4. The lowest BCUT2D eigenvalue weighted by Gasteiger charge is -2.13. The van der Waals surface area contributed by atoms with Crippen molar-refractivity contribution in [3.63, 3.8) is 0 Å². The largest absolute Gasteiger partial charge is 0.396 e. The fourth-order valence-electron chi connectivity index (χ4n) is 0.671. The van der Waals surface area contributed by atoms with Crippen LogP contribution in [0, 0.1) is 0 Å². The van der Waals surface area contributed by atoms with E-state index >= 15 is 0 Å². The van der Waals surface area contributed by atoms with Crippen molar-refractivity contribution in [3.05, 3.63) is 0 Å². The van der Waals surface area contributed by atoms with Crippen molar-refractivity contribution in [2.24, 2.45) is 0 Å². The molecular formula is C8H20INO. The van der Waals surface area contributed by atoms with Gasteiger partial charge in [-0.3, -0.25) is 0 Å². The van der Waals surface area contributed by atoms with Crippen molar-refractivity contribution in [1.82, 2.24) is 4.90 Å². The monoisotopic (exact) mass is 273 g/mol. The van der Waals surface area contributed by atoms with E-state index in [0.717, 1.165) is 4.43 Å². The highest BCUT2D eigenvalue weighted by Gasteiger charge is 1.89. The third-order valence-electron chi connectivity index (χ3n) is 1.43. The number of rotatable bonds is 4. The van der Waals surface area contributed by atoms with Crippen LogP contribution in [0.15, 0.2) is 0 Å². The summed E-state index contributed by atoms with van der Waals surface area (Å²) in [5, 5.41) is 7.87. The van der Waals surface area contributed by atoms with E-state index in [2.05, 4.69) is 48.3 Å². The third kappa shape index (κ3) is 13.6. The van der Waals surface area contributed by atoms with E-state index in [1.165, 1.54) is 19.6 Å². The molecule has 0 heterocycles. The highest BCUT2D eigenvalue weighted by Crippen LogP contribution is 1.81. The molecule has 0 amide bonds. The first-order valence-corrected chi connectivity index (χ1v) is 5.68. The van der Waals surface area contributed by atoms with Crippen LogP contribution < -0.4 is 0 Å². The molecule has 1 N–H and O–H groups in total. The van der Waals surface area contributed by atoms with Crippen molar-refractivity contribution < 1.29 is 5.11 Å². The van der Waals surface area contributed by atoms with Crippen LogP contribution in [-0.2, 0) is 0 Å². The molecule has 0 spiro atoms. The number of aliphatic hydroxyl groups is 1. The van der Waals surface area contributed by atoms with Gasteiger partial charge in [-0.25, -0.2) is 0 Å². The molecule has 0 aromatic rings. The fraction of sp³-hybridized carbons (Fsp3) is 1.00. The second-order valence-electron chi connectivity index (χ2n) is 2.03. The first-order chi connectivity index (χ1) is 5.26. The minimum atomic E-state index is 0.306. The van der Waals surface area contributed by atoms with Gasteiger partial charge in [0.2, 0.25) is 0 Å².